The summed E-state index contributed by atoms with van der Waals surface area (Å²) in [5.41, 5.74) is 0.406. The van der Waals surface area contributed by atoms with Gasteiger partial charge in [0.05, 0.1) is 39.3 Å². The molecule has 0 aliphatic carbocycles. The third-order valence-electron chi connectivity index (χ3n) is 8.58. The Morgan fingerprint density at radius 2 is 2.00 bits per heavy atom. The van der Waals surface area contributed by atoms with E-state index in [9.17, 15) is 6.17 Å². The molecular formula is C30H33ClF2N8O2Si. The molecule has 1 unspecified atom stereocenters. The van der Waals surface area contributed by atoms with Crippen LogP contribution in [0.5, 0.6) is 0 Å². The van der Waals surface area contributed by atoms with Crippen molar-refractivity contribution in [2.75, 3.05) is 0 Å². The molecule has 2 aliphatic rings. The number of hydrogen-bond acceptors (Lipinski definition) is 7. The van der Waals surface area contributed by atoms with Gasteiger partial charge in [-0.3, -0.25) is 9.78 Å². The summed E-state index contributed by atoms with van der Waals surface area (Å²) in [6.07, 6.45) is 5.93. The number of benzene rings is 1. The highest BCUT2D eigenvalue weighted by molar-refractivity contribution is 6.74. The number of halogens is 3. The molecule has 1 aromatic carbocycles. The first kappa shape index (κ1) is 26.6. The Balaban J connectivity index is 1.31. The minimum atomic E-state index is -2.64. The number of hydrogen-bond donors (Lipinski definition) is 1. The third-order valence-corrected chi connectivity index (χ3v) is 13.1. The van der Waals surface area contributed by atoms with Crippen molar-refractivity contribution in [3.05, 3.63) is 76.7 Å². The standard InChI is InChI=1S/C30H33ClF2N8O2Si/c1-30(2,3)44(4,5)43-15-22-27(32)19(10-11-34-22)21-14-35-29(37-21)24-8-6-18-12-17(13-25(42)41(18)24)26-23(40-16-36-38-39-40)9-7-20(31)28(26)33/h7,9-11,13-14,16,18,24H,6,8,12,15H2,1-5H3,(H,35,37)/t18?,24-/m0/s1/i15D2,18D. The molecule has 6 rings (SSSR count). The van der Waals surface area contributed by atoms with Crippen LogP contribution in [0.2, 0.25) is 23.2 Å². The molecule has 0 bridgehead atoms. The Morgan fingerprint density at radius 3 is 2.73 bits per heavy atom. The number of H-pyrrole nitrogens is 1. The molecule has 5 heterocycles. The van der Waals surface area contributed by atoms with Crippen LogP contribution >= 0.6 is 11.6 Å². The van der Waals surface area contributed by atoms with Gasteiger partial charge in [0.1, 0.15) is 17.8 Å². The number of amides is 1. The Labute approximate surface area is 263 Å². The number of aromatic nitrogens is 7. The molecule has 3 aromatic heterocycles. The van der Waals surface area contributed by atoms with E-state index in [4.69, 9.17) is 18.8 Å². The topological polar surface area (TPSA) is 115 Å². The van der Waals surface area contributed by atoms with Crippen molar-refractivity contribution in [1.29, 1.82) is 0 Å². The highest BCUT2D eigenvalue weighted by Gasteiger charge is 2.42. The van der Waals surface area contributed by atoms with Gasteiger partial charge in [-0.1, -0.05) is 32.4 Å². The number of fused-ring (bicyclic) bond motifs is 1. The summed E-state index contributed by atoms with van der Waals surface area (Å²) in [7, 11) is -2.64. The predicted octanol–water partition coefficient (Wildman–Crippen LogP) is 6.42. The minimum Gasteiger partial charge on any atom is -0.411 e. The first-order chi connectivity index (χ1) is 21.9. The van der Waals surface area contributed by atoms with E-state index in [-0.39, 0.29) is 51.0 Å². The Kier molecular flexibility index (Phi) is 6.81. The summed E-state index contributed by atoms with van der Waals surface area (Å²) in [4.78, 5) is 26.6. The van der Waals surface area contributed by atoms with Gasteiger partial charge in [-0.25, -0.2) is 13.8 Å². The Morgan fingerprint density at radius 1 is 1.20 bits per heavy atom. The van der Waals surface area contributed by atoms with Crippen LogP contribution < -0.4 is 0 Å². The molecule has 0 radical (unpaired) electrons. The summed E-state index contributed by atoms with van der Waals surface area (Å²) >= 11 is 6.12. The van der Waals surface area contributed by atoms with Crippen molar-refractivity contribution in [2.24, 2.45) is 0 Å². The molecule has 0 saturated carbocycles. The van der Waals surface area contributed by atoms with E-state index in [0.717, 1.165) is 0 Å². The summed E-state index contributed by atoms with van der Waals surface area (Å²) in [6.45, 7) is 7.15. The van der Waals surface area contributed by atoms with Crippen molar-refractivity contribution < 1.29 is 22.1 Å². The Hall–Kier alpha value is -3.81. The lowest BCUT2D eigenvalue weighted by Crippen LogP contribution is -2.40. The van der Waals surface area contributed by atoms with Gasteiger partial charge < -0.3 is 14.3 Å². The average Bonchev–Trinajstić information content (AvgIpc) is 3.73. The monoisotopic (exact) mass is 641 g/mol. The SMILES string of the molecule is [2H]C([2H])(O[Si](C)(C)C(C)(C)C)c1nccc(-c2cnc([C@@H]3CCC4([2H])CC(c5c(-n6cnnn6)ccc(Cl)c5F)=CC(=O)N34)[nH]2)c1F. The second-order valence-electron chi connectivity index (χ2n) is 12.4. The second kappa shape index (κ2) is 11.3. The fraction of sp³-hybridized carbons (Fsp3) is 0.400. The highest BCUT2D eigenvalue weighted by Crippen LogP contribution is 2.44. The van der Waals surface area contributed by atoms with Crippen molar-refractivity contribution in [2.45, 2.75) is 76.8 Å². The fourth-order valence-electron chi connectivity index (χ4n) is 5.17. The van der Waals surface area contributed by atoms with Gasteiger partial charge in [-0.05, 0) is 71.6 Å². The number of nitrogens with zero attached hydrogens (tertiary/aromatic N) is 7. The fourth-order valence-corrected chi connectivity index (χ4v) is 5.98. The van der Waals surface area contributed by atoms with Crippen molar-refractivity contribution in [3.63, 3.8) is 0 Å². The first-order valence-electron chi connectivity index (χ1n) is 15.6. The van der Waals surface area contributed by atoms with Crippen LogP contribution in [0.25, 0.3) is 22.5 Å². The van der Waals surface area contributed by atoms with Crippen molar-refractivity contribution >= 4 is 31.4 Å². The highest BCUT2D eigenvalue weighted by atomic mass is 35.5. The van der Waals surface area contributed by atoms with Gasteiger partial charge in [-0.2, -0.15) is 4.68 Å². The van der Waals surface area contributed by atoms with Gasteiger partial charge in [0.2, 0.25) is 5.91 Å². The average molecular weight is 642 g/mol. The van der Waals surface area contributed by atoms with Crippen LogP contribution in [0, 0.1) is 11.6 Å². The zero-order valence-corrected chi connectivity index (χ0v) is 26.6. The van der Waals surface area contributed by atoms with Crippen molar-refractivity contribution in [3.8, 4) is 16.9 Å². The largest absolute Gasteiger partial charge is 0.411 e. The van der Waals surface area contributed by atoms with Crippen molar-refractivity contribution in [1.82, 2.24) is 40.1 Å². The van der Waals surface area contributed by atoms with Crippen LogP contribution in [0.3, 0.4) is 0 Å². The molecule has 2 aliphatic heterocycles. The van der Waals surface area contributed by atoms with E-state index in [2.05, 4.69) is 30.5 Å². The molecule has 230 valence electrons. The number of pyridine rings is 1. The van der Waals surface area contributed by atoms with Crippen LogP contribution in [-0.4, -0.2) is 60.3 Å². The number of imidazole rings is 1. The molecule has 1 saturated heterocycles. The molecule has 14 heteroatoms. The van der Waals surface area contributed by atoms with E-state index < -0.39 is 50.2 Å². The lowest BCUT2D eigenvalue weighted by atomic mass is 9.92. The van der Waals surface area contributed by atoms with Gasteiger partial charge in [0, 0.05) is 29.4 Å². The second-order valence-corrected chi connectivity index (χ2v) is 17.5. The predicted molar refractivity (Wildman–Crippen MR) is 163 cm³/mol. The quantitative estimate of drug-likeness (QED) is 0.232. The minimum absolute atomic E-state index is 0.000840. The van der Waals surface area contributed by atoms with E-state index in [1.807, 2.05) is 33.9 Å². The lowest BCUT2D eigenvalue weighted by Gasteiger charge is -2.36. The summed E-state index contributed by atoms with van der Waals surface area (Å²) in [5, 5.41) is 10.6. The maximum Gasteiger partial charge on any atom is 0.247 e. The van der Waals surface area contributed by atoms with Gasteiger partial charge in [-0.15, -0.1) is 5.10 Å². The molecule has 4 aromatic rings. The number of tetrazole rings is 1. The molecule has 10 nitrogen and oxygen atoms in total. The zero-order valence-electron chi connectivity index (χ0n) is 27.8. The maximum atomic E-state index is 15.9. The van der Waals surface area contributed by atoms with Crippen LogP contribution in [0.1, 0.15) is 67.3 Å². The van der Waals surface area contributed by atoms with Gasteiger partial charge in [0.25, 0.3) is 0 Å². The summed E-state index contributed by atoms with van der Waals surface area (Å²) in [5.74, 6) is -1.83. The van der Waals surface area contributed by atoms with Gasteiger partial charge in [0.15, 0.2) is 20.0 Å². The van der Waals surface area contributed by atoms with E-state index in [0.29, 0.717) is 12.2 Å². The van der Waals surface area contributed by atoms with E-state index in [1.165, 1.54) is 46.5 Å². The first-order valence-corrected chi connectivity index (χ1v) is 17.4. The molecule has 44 heavy (non-hydrogen) atoms. The zero-order chi connectivity index (χ0) is 34.1. The molecule has 1 fully saturated rings. The maximum absolute atomic E-state index is 15.9. The third kappa shape index (κ3) is 5.37. The summed E-state index contributed by atoms with van der Waals surface area (Å²) in [6, 6.07) is 2.24. The summed E-state index contributed by atoms with van der Waals surface area (Å²) < 4.78 is 65.1. The number of rotatable bonds is 7. The normalized spacial score (nSPS) is 22.0. The number of carbonyl (C=O) groups is 1. The molecule has 0 spiro atoms. The van der Waals surface area contributed by atoms with Gasteiger partial charge >= 0.3 is 0 Å². The van der Waals surface area contributed by atoms with Crippen LogP contribution in [0.4, 0.5) is 8.78 Å². The Bertz CT molecular complexity index is 1900. The van der Waals surface area contributed by atoms with E-state index >= 15 is 8.78 Å². The molecular weight excluding hydrogens is 606 g/mol. The van der Waals surface area contributed by atoms with E-state index in [1.54, 1.807) is 6.07 Å². The number of aromatic amines is 1. The molecule has 2 atom stereocenters. The smallest absolute Gasteiger partial charge is 0.247 e. The number of nitrogens with one attached hydrogen (secondary N) is 1. The lowest BCUT2D eigenvalue weighted by molar-refractivity contribution is -0.129. The van der Waals surface area contributed by atoms with Crippen LogP contribution in [0.15, 0.2) is 43.0 Å². The van der Waals surface area contributed by atoms with Crippen LogP contribution in [-0.2, 0) is 15.8 Å². The molecule has 1 amide bonds. The number of carbonyl (C=O) groups excluding carboxylic acids is 1. The molecule has 1 N–H and O–H groups in total.